The lowest BCUT2D eigenvalue weighted by Gasteiger charge is -2.14. The molecule has 8 heteroatoms. The molecule has 27 heavy (non-hydrogen) atoms. The summed E-state index contributed by atoms with van der Waals surface area (Å²) in [7, 11) is 1.51. The molecule has 140 valence electrons. The molecule has 0 atom stereocenters. The van der Waals surface area contributed by atoms with Crippen molar-refractivity contribution in [1.29, 1.82) is 0 Å². The van der Waals surface area contributed by atoms with Crippen LogP contribution in [0.4, 0.5) is 18.9 Å². The number of nitrogens with zero attached hydrogens (tertiary/aromatic N) is 2. The molecule has 1 aliphatic heterocycles. The molecular formula is C19H14BrF3N2O2. The van der Waals surface area contributed by atoms with E-state index in [4.69, 9.17) is 4.74 Å². The van der Waals surface area contributed by atoms with Crippen LogP contribution in [0.2, 0.25) is 0 Å². The van der Waals surface area contributed by atoms with Crippen LogP contribution in [0.3, 0.4) is 0 Å². The zero-order chi connectivity index (χ0) is 19.8. The number of hydrogen-bond acceptors (Lipinski definition) is 3. The van der Waals surface area contributed by atoms with E-state index in [2.05, 4.69) is 21.0 Å². The molecule has 0 saturated heterocycles. The number of ether oxygens (including phenoxy) is 1. The summed E-state index contributed by atoms with van der Waals surface area (Å²) < 4.78 is 44.9. The number of alkyl halides is 3. The fraction of sp³-hybridized carbons (Fsp3) is 0.158. The topological polar surface area (TPSA) is 41.9 Å². The lowest BCUT2D eigenvalue weighted by Crippen LogP contribution is -2.21. The first-order valence-electron chi connectivity index (χ1n) is 7.83. The van der Waals surface area contributed by atoms with Crippen LogP contribution in [0, 0.1) is 0 Å². The van der Waals surface area contributed by atoms with Gasteiger partial charge in [0.1, 0.15) is 5.75 Å². The molecule has 0 aliphatic carbocycles. The van der Waals surface area contributed by atoms with E-state index in [1.807, 2.05) is 0 Å². The van der Waals surface area contributed by atoms with Gasteiger partial charge >= 0.3 is 6.18 Å². The smallest absolute Gasteiger partial charge is 0.416 e. The Morgan fingerprint density at radius 3 is 2.59 bits per heavy atom. The van der Waals surface area contributed by atoms with Crippen LogP contribution in [0.25, 0.3) is 6.08 Å². The fourth-order valence-electron chi connectivity index (χ4n) is 2.65. The largest absolute Gasteiger partial charge is 0.496 e. The molecule has 1 heterocycles. The van der Waals surface area contributed by atoms with Gasteiger partial charge in [0, 0.05) is 10.0 Å². The van der Waals surface area contributed by atoms with Crippen molar-refractivity contribution in [2.45, 2.75) is 13.1 Å². The van der Waals surface area contributed by atoms with Crippen LogP contribution in [0.15, 0.2) is 57.6 Å². The standard InChI is InChI=1S/C19H14BrF3N2O2/c1-11-16(9-12-8-14(20)6-7-17(12)27-2)18(26)25(24-11)15-5-3-4-13(10-15)19(21,22)23/h3-10H,1-2H3/b16-9+. The summed E-state index contributed by atoms with van der Waals surface area (Å²) >= 11 is 3.36. The van der Waals surface area contributed by atoms with Crippen molar-refractivity contribution >= 4 is 39.3 Å². The highest BCUT2D eigenvalue weighted by molar-refractivity contribution is 9.10. The second-order valence-electron chi connectivity index (χ2n) is 5.79. The SMILES string of the molecule is COc1ccc(Br)cc1/C=C1/C(=O)N(c2cccc(C(F)(F)F)c2)N=C1C. The van der Waals surface area contributed by atoms with Gasteiger partial charge in [0.15, 0.2) is 0 Å². The number of halogens is 4. The molecule has 0 fully saturated rings. The van der Waals surface area contributed by atoms with Gasteiger partial charge in [-0.05, 0) is 49.4 Å². The minimum atomic E-state index is -4.50. The maximum Gasteiger partial charge on any atom is 0.416 e. The lowest BCUT2D eigenvalue weighted by molar-refractivity contribution is -0.137. The van der Waals surface area contributed by atoms with Crippen LogP contribution < -0.4 is 9.75 Å². The predicted molar refractivity (Wildman–Crippen MR) is 101 cm³/mol. The summed E-state index contributed by atoms with van der Waals surface area (Å²) in [6.45, 7) is 1.63. The Labute approximate surface area is 162 Å². The lowest BCUT2D eigenvalue weighted by atomic mass is 10.1. The van der Waals surface area contributed by atoms with Crippen LogP contribution >= 0.6 is 15.9 Å². The summed E-state index contributed by atoms with van der Waals surface area (Å²) in [5.74, 6) is 0.0534. The van der Waals surface area contributed by atoms with Gasteiger partial charge in [-0.2, -0.15) is 23.3 Å². The zero-order valence-electron chi connectivity index (χ0n) is 14.3. The molecule has 2 aromatic carbocycles. The maximum absolute atomic E-state index is 12.9. The van der Waals surface area contributed by atoms with Gasteiger partial charge in [0.25, 0.3) is 5.91 Å². The fourth-order valence-corrected chi connectivity index (χ4v) is 3.03. The zero-order valence-corrected chi connectivity index (χ0v) is 15.9. The van der Waals surface area contributed by atoms with E-state index in [1.54, 1.807) is 31.2 Å². The normalized spacial score (nSPS) is 16.1. The Balaban J connectivity index is 1.99. The Morgan fingerprint density at radius 2 is 1.93 bits per heavy atom. The molecule has 1 amide bonds. The average Bonchev–Trinajstić information content (AvgIpc) is 2.89. The van der Waals surface area contributed by atoms with E-state index in [9.17, 15) is 18.0 Å². The third kappa shape index (κ3) is 3.90. The molecule has 0 spiro atoms. The quantitative estimate of drug-likeness (QED) is 0.611. The third-order valence-corrected chi connectivity index (χ3v) is 4.47. The number of carbonyl (C=O) groups excluding carboxylic acids is 1. The number of amides is 1. The van der Waals surface area contributed by atoms with E-state index < -0.39 is 17.6 Å². The number of benzene rings is 2. The summed E-state index contributed by atoms with van der Waals surface area (Å²) in [4.78, 5) is 12.8. The molecule has 0 saturated carbocycles. The molecule has 0 aromatic heterocycles. The van der Waals surface area contributed by atoms with Gasteiger partial charge in [-0.15, -0.1) is 0 Å². The molecule has 0 radical (unpaired) electrons. The van der Waals surface area contributed by atoms with Gasteiger partial charge in [-0.1, -0.05) is 22.0 Å². The molecule has 0 N–H and O–H groups in total. The third-order valence-electron chi connectivity index (χ3n) is 3.97. The van der Waals surface area contributed by atoms with E-state index >= 15 is 0 Å². The Hall–Kier alpha value is -2.61. The number of rotatable bonds is 3. The number of carbonyl (C=O) groups is 1. The van der Waals surface area contributed by atoms with E-state index in [-0.39, 0.29) is 11.3 Å². The van der Waals surface area contributed by atoms with Crippen LogP contribution in [0.1, 0.15) is 18.1 Å². The first kappa shape index (κ1) is 19.2. The number of methoxy groups -OCH3 is 1. The highest BCUT2D eigenvalue weighted by atomic mass is 79.9. The van der Waals surface area contributed by atoms with Crippen molar-refractivity contribution in [2.75, 3.05) is 12.1 Å². The molecule has 3 rings (SSSR count). The van der Waals surface area contributed by atoms with Gasteiger partial charge in [-0.25, -0.2) is 0 Å². The number of hydrazone groups is 1. The van der Waals surface area contributed by atoms with Gasteiger partial charge in [0.05, 0.1) is 29.6 Å². The minimum Gasteiger partial charge on any atom is -0.496 e. The van der Waals surface area contributed by atoms with E-state index in [0.29, 0.717) is 17.0 Å². The second-order valence-corrected chi connectivity index (χ2v) is 6.71. The molecular weight excluding hydrogens is 425 g/mol. The average molecular weight is 439 g/mol. The van der Waals surface area contributed by atoms with E-state index in [0.717, 1.165) is 21.6 Å². The highest BCUT2D eigenvalue weighted by Crippen LogP contribution is 2.34. The van der Waals surface area contributed by atoms with Crippen molar-refractivity contribution in [1.82, 2.24) is 0 Å². The summed E-state index contributed by atoms with van der Waals surface area (Å²) in [6, 6.07) is 9.82. The van der Waals surface area contributed by atoms with Gasteiger partial charge in [0.2, 0.25) is 0 Å². The van der Waals surface area contributed by atoms with Gasteiger partial charge < -0.3 is 4.74 Å². The minimum absolute atomic E-state index is 0.0544. The Morgan fingerprint density at radius 1 is 1.19 bits per heavy atom. The van der Waals surface area contributed by atoms with Gasteiger partial charge in [-0.3, -0.25) is 4.79 Å². The van der Waals surface area contributed by atoms with Crippen molar-refractivity contribution in [3.05, 3.63) is 63.6 Å². The first-order valence-corrected chi connectivity index (χ1v) is 8.62. The summed E-state index contributed by atoms with van der Waals surface area (Å²) in [6.07, 6.45) is -2.89. The Kier molecular flexibility index (Phi) is 5.10. The number of hydrogen-bond donors (Lipinski definition) is 0. The summed E-state index contributed by atoms with van der Waals surface area (Å²) in [5.41, 5.74) is 0.546. The maximum atomic E-state index is 12.9. The molecule has 2 aromatic rings. The van der Waals surface area contributed by atoms with Crippen LogP contribution in [-0.2, 0) is 11.0 Å². The number of anilines is 1. The van der Waals surface area contributed by atoms with Crippen molar-refractivity contribution in [2.24, 2.45) is 5.10 Å². The summed E-state index contributed by atoms with van der Waals surface area (Å²) in [5, 5.41) is 5.10. The molecule has 0 unspecified atom stereocenters. The predicted octanol–water partition coefficient (Wildman–Crippen LogP) is 5.28. The monoisotopic (exact) mass is 438 g/mol. The van der Waals surface area contributed by atoms with Crippen LogP contribution in [0.5, 0.6) is 5.75 Å². The van der Waals surface area contributed by atoms with Crippen molar-refractivity contribution in [3.63, 3.8) is 0 Å². The van der Waals surface area contributed by atoms with E-state index in [1.165, 1.54) is 19.2 Å². The molecule has 0 bridgehead atoms. The second kappa shape index (κ2) is 7.19. The highest BCUT2D eigenvalue weighted by Gasteiger charge is 2.33. The van der Waals surface area contributed by atoms with Crippen molar-refractivity contribution < 1.29 is 22.7 Å². The van der Waals surface area contributed by atoms with Crippen LogP contribution in [-0.4, -0.2) is 18.7 Å². The first-order chi connectivity index (χ1) is 12.7. The Bertz CT molecular complexity index is 968. The molecule has 1 aliphatic rings. The van der Waals surface area contributed by atoms with Crippen molar-refractivity contribution in [3.8, 4) is 5.75 Å². The molecule has 4 nitrogen and oxygen atoms in total.